The maximum atomic E-state index is 10.5. The second-order valence-corrected chi connectivity index (χ2v) is 1.95. The van der Waals surface area contributed by atoms with Gasteiger partial charge in [0, 0.05) is 7.05 Å². The van der Waals surface area contributed by atoms with Gasteiger partial charge in [-0.3, -0.25) is 9.80 Å². The zero-order chi connectivity index (χ0) is 6.85. The summed E-state index contributed by atoms with van der Waals surface area (Å²) in [5.74, 6) is 0.608. The van der Waals surface area contributed by atoms with Crippen molar-refractivity contribution in [1.29, 1.82) is 0 Å². The van der Waals surface area contributed by atoms with Crippen LogP contribution in [0.5, 0.6) is 0 Å². The van der Waals surface area contributed by atoms with Crippen molar-refractivity contribution in [2.75, 3.05) is 13.6 Å². The van der Waals surface area contributed by atoms with Gasteiger partial charge >= 0.3 is 0 Å². The van der Waals surface area contributed by atoms with Gasteiger partial charge in [0.15, 0.2) is 0 Å². The summed E-state index contributed by atoms with van der Waals surface area (Å²) in [7, 11) is 1.82. The first-order valence-corrected chi connectivity index (χ1v) is 2.75. The molecule has 50 valence electrons. The summed E-state index contributed by atoms with van der Waals surface area (Å²) in [5, 5.41) is 1.72. The molecular formula is C5H9N3O. The first-order chi connectivity index (χ1) is 4.20. The fraction of sp³-hybridized carbons (Fsp3) is 0.600. The van der Waals surface area contributed by atoms with E-state index < -0.39 is 0 Å². The van der Waals surface area contributed by atoms with E-state index in [2.05, 4.69) is 10.4 Å². The summed E-state index contributed by atoms with van der Waals surface area (Å²) in [6, 6.07) is 0. The number of amidine groups is 1. The van der Waals surface area contributed by atoms with Gasteiger partial charge in [0.05, 0.1) is 6.54 Å². The van der Waals surface area contributed by atoms with Gasteiger partial charge in [0.1, 0.15) is 5.84 Å². The third kappa shape index (κ3) is 1.26. The van der Waals surface area contributed by atoms with Crippen LogP contribution in [0.25, 0.3) is 0 Å². The van der Waals surface area contributed by atoms with Crippen molar-refractivity contribution >= 4 is 11.7 Å². The van der Waals surface area contributed by atoms with Crippen molar-refractivity contribution in [1.82, 2.24) is 10.4 Å². The Morgan fingerprint density at radius 3 is 2.89 bits per heavy atom. The molecule has 0 unspecified atom stereocenters. The summed E-state index contributed by atoms with van der Waals surface area (Å²) in [5.41, 5.74) is 2.83. The van der Waals surface area contributed by atoms with E-state index in [1.807, 2.05) is 7.05 Å². The fourth-order valence-corrected chi connectivity index (χ4v) is 0.596. The maximum absolute atomic E-state index is 10.5. The van der Waals surface area contributed by atoms with Crippen LogP contribution in [0.3, 0.4) is 0 Å². The lowest BCUT2D eigenvalue weighted by atomic mass is 10.5. The molecule has 0 fully saturated rings. The van der Waals surface area contributed by atoms with E-state index in [4.69, 9.17) is 0 Å². The molecule has 1 aliphatic rings. The molecule has 0 aromatic carbocycles. The lowest BCUT2D eigenvalue weighted by Gasteiger charge is -2.22. The minimum atomic E-state index is -0.106. The predicted octanol–water partition coefficient (Wildman–Crippen LogP) is -0.619. The van der Waals surface area contributed by atoms with Gasteiger partial charge in [-0.2, -0.15) is 4.99 Å². The van der Waals surface area contributed by atoms with Gasteiger partial charge in [-0.1, -0.05) is 0 Å². The summed E-state index contributed by atoms with van der Waals surface area (Å²) < 4.78 is 0. The smallest absolute Gasteiger partial charge is 0.263 e. The van der Waals surface area contributed by atoms with Crippen molar-refractivity contribution in [3.05, 3.63) is 0 Å². The number of carbonyl (C=O) groups is 1. The van der Waals surface area contributed by atoms with Crippen molar-refractivity contribution in [3.63, 3.8) is 0 Å². The lowest BCUT2D eigenvalue weighted by molar-refractivity contribution is -0.118. The molecule has 0 saturated carbocycles. The molecule has 1 amide bonds. The quantitative estimate of drug-likeness (QED) is 0.471. The van der Waals surface area contributed by atoms with Crippen LogP contribution in [0.15, 0.2) is 4.99 Å². The van der Waals surface area contributed by atoms with E-state index in [0.29, 0.717) is 12.4 Å². The molecule has 1 N–H and O–H groups in total. The first-order valence-electron chi connectivity index (χ1n) is 2.75. The molecule has 1 aliphatic heterocycles. The second-order valence-electron chi connectivity index (χ2n) is 1.95. The molecule has 0 atom stereocenters. The van der Waals surface area contributed by atoms with Crippen LogP contribution >= 0.6 is 0 Å². The van der Waals surface area contributed by atoms with Gasteiger partial charge in [0.2, 0.25) is 0 Å². The van der Waals surface area contributed by atoms with Gasteiger partial charge in [-0.15, -0.1) is 0 Å². The number of nitrogens with zero attached hydrogens (tertiary/aromatic N) is 2. The SMILES string of the molecule is CC1=NC(=O)CNN1C. The topological polar surface area (TPSA) is 44.7 Å². The van der Waals surface area contributed by atoms with Gasteiger partial charge in [0.25, 0.3) is 5.91 Å². The van der Waals surface area contributed by atoms with E-state index in [1.165, 1.54) is 0 Å². The zero-order valence-electron chi connectivity index (χ0n) is 5.51. The Balaban J connectivity index is 2.72. The number of hydrogen-bond acceptors (Lipinski definition) is 3. The largest absolute Gasteiger partial charge is 0.298 e. The molecule has 0 saturated heterocycles. The van der Waals surface area contributed by atoms with Crippen LogP contribution < -0.4 is 5.43 Å². The minimum absolute atomic E-state index is 0.106. The number of rotatable bonds is 0. The van der Waals surface area contributed by atoms with Crippen LogP contribution in [0, 0.1) is 0 Å². The summed E-state index contributed by atoms with van der Waals surface area (Å²) >= 11 is 0. The Kier molecular flexibility index (Phi) is 1.48. The van der Waals surface area contributed by atoms with Crippen LogP contribution in [0.2, 0.25) is 0 Å². The fourth-order valence-electron chi connectivity index (χ4n) is 0.596. The van der Waals surface area contributed by atoms with E-state index in [9.17, 15) is 4.79 Å². The number of aliphatic imine (C=N–C) groups is 1. The molecule has 1 heterocycles. The standard InChI is InChI=1S/C5H9N3O/c1-4-7-5(9)3-6-8(4)2/h6H,3H2,1-2H3. The summed E-state index contributed by atoms with van der Waals surface area (Å²) in [4.78, 5) is 14.2. The molecule has 0 aromatic heterocycles. The Hall–Kier alpha value is -0.900. The Morgan fingerprint density at radius 2 is 2.44 bits per heavy atom. The highest BCUT2D eigenvalue weighted by molar-refractivity contribution is 5.95. The third-order valence-electron chi connectivity index (χ3n) is 1.24. The van der Waals surface area contributed by atoms with Crippen LogP contribution in [-0.4, -0.2) is 30.3 Å². The highest BCUT2D eigenvalue weighted by Gasteiger charge is 2.10. The monoisotopic (exact) mass is 127 g/mol. The summed E-state index contributed by atoms with van der Waals surface area (Å²) in [6.45, 7) is 2.10. The molecular weight excluding hydrogens is 118 g/mol. The second kappa shape index (κ2) is 2.14. The molecule has 4 heteroatoms. The molecule has 0 aromatic rings. The number of hydrazine groups is 1. The Labute approximate surface area is 53.5 Å². The number of hydrogen-bond donors (Lipinski definition) is 1. The van der Waals surface area contributed by atoms with Crippen LogP contribution in [-0.2, 0) is 4.79 Å². The number of carbonyl (C=O) groups excluding carboxylic acids is 1. The first kappa shape index (κ1) is 6.22. The average Bonchev–Trinajstić information content (AvgIpc) is 1.80. The molecule has 0 bridgehead atoms. The predicted molar refractivity (Wildman–Crippen MR) is 33.9 cm³/mol. The molecule has 0 spiro atoms. The van der Waals surface area contributed by atoms with Crippen molar-refractivity contribution in [2.24, 2.45) is 4.99 Å². The van der Waals surface area contributed by atoms with E-state index >= 15 is 0 Å². The van der Waals surface area contributed by atoms with Crippen LogP contribution in [0.4, 0.5) is 0 Å². The molecule has 1 rings (SSSR count). The minimum Gasteiger partial charge on any atom is -0.298 e. The third-order valence-corrected chi connectivity index (χ3v) is 1.24. The van der Waals surface area contributed by atoms with Crippen molar-refractivity contribution < 1.29 is 4.79 Å². The maximum Gasteiger partial charge on any atom is 0.263 e. The van der Waals surface area contributed by atoms with Crippen molar-refractivity contribution in [3.8, 4) is 0 Å². The zero-order valence-corrected chi connectivity index (χ0v) is 5.51. The summed E-state index contributed by atoms with van der Waals surface area (Å²) in [6.07, 6.45) is 0. The highest BCUT2D eigenvalue weighted by Crippen LogP contribution is 1.89. The van der Waals surface area contributed by atoms with Crippen molar-refractivity contribution in [2.45, 2.75) is 6.92 Å². The average molecular weight is 127 g/mol. The normalized spacial score (nSPS) is 20.0. The van der Waals surface area contributed by atoms with Gasteiger partial charge < -0.3 is 0 Å². The van der Waals surface area contributed by atoms with E-state index in [0.717, 1.165) is 0 Å². The van der Waals surface area contributed by atoms with Crippen LogP contribution in [0.1, 0.15) is 6.92 Å². The van der Waals surface area contributed by atoms with Gasteiger partial charge in [-0.05, 0) is 6.92 Å². The van der Waals surface area contributed by atoms with E-state index in [-0.39, 0.29) is 5.91 Å². The molecule has 0 radical (unpaired) electrons. The number of nitrogens with one attached hydrogen (secondary N) is 1. The van der Waals surface area contributed by atoms with E-state index in [1.54, 1.807) is 11.9 Å². The Bertz CT molecular complexity index is 164. The molecule has 9 heavy (non-hydrogen) atoms. The highest BCUT2D eigenvalue weighted by atomic mass is 16.2. The number of amides is 1. The molecule has 4 nitrogen and oxygen atoms in total. The molecule has 0 aliphatic carbocycles. The van der Waals surface area contributed by atoms with Gasteiger partial charge in [-0.25, -0.2) is 5.43 Å². The lowest BCUT2D eigenvalue weighted by Crippen LogP contribution is -2.45. The Morgan fingerprint density at radius 1 is 1.78 bits per heavy atom.